The molecular formula is C14H20Cl2N2O2. The number of halogens is 2. The third kappa shape index (κ3) is 4.85. The molecule has 6 heteroatoms. The number of para-hydroxylation sites is 1. The fourth-order valence-corrected chi connectivity index (χ4v) is 2.39. The Kier molecular flexibility index (Phi) is 7.13. The number of ether oxygens (including phenoxy) is 1. The van der Waals surface area contributed by atoms with Gasteiger partial charge in [-0.05, 0) is 25.0 Å². The second-order valence-electron chi connectivity index (χ2n) is 4.77. The summed E-state index contributed by atoms with van der Waals surface area (Å²) in [6.07, 6.45) is 2.34. The topological polar surface area (TPSA) is 55.6 Å². The molecular weight excluding hydrogens is 299 g/mol. The van der Waals surface area contributed by atoms with Gasteiger partial charge in [0.15, 0.2) is 0 Å². The van der Waals surface area contributed by atoms with Crippen molar-refractivity contribution in [3.05, 3.63) is 29.3 Å². The van der Waals surface area contributed by atoms with Crippen molar-refractivity contribution in [1.82, 2.24) is 4.90 Å². The number of nitrogens with two attached hydrogens (primary N) is 1. The lowest BCUT2D eigenvalue weighted by Crippen LogP contribution is -2.46. The van der Waals surface area contributed by atoms with Crippen LogP contribution in [0.15, 0.2) is 24.3 Å². The lowest BCUT2D eigenvalue weighted by Gasteiger charge is -2.30. The molecule has 20 heavy (non-hydrogen) atoms. The summed E-state index contributed by atoms with van der Waals surface area (Å²) in [5, 5.41) is 0.565. The molecule has 0 aromatic heterocycles. The highest BCUT2D eigenvalue weighted by atomic mass is 35.5. The second-order valence-corrected chi connectivity index (χ2v) is 5.18. The fraction of sp³-hybridized carbons (Fsp3) is 0.500. The van der Waals surface area contributed by atoms with Crippen molar-refractivity contribution < 1.29 is 9.53 Å². The fourth-order valence-electron chi connectivity index (χ4n) is 2.20. The molecule has 1 aliphatic rings. The average molecular weight is 319 g/mol. The molecule has 2 N–H and O–H groups in total. The largest absolute Gasteiger partial charge is 0.491 e. The molecule has 1 heterocycles. The molecule has 1 aliphatic heterocycles. The highest BCUT2D eigenvalue weighted by molar-refractivity contribution is 6.32. The van der Waals surface area contributed by atoms with Crippen LogP contribution in [0.25, 0.3) is 0 Å². The molecule has 0 spiro atoms. The summed E-state index contributed by atoms with van der Waals surface area (Å²) in [5.41, 5.74) is 5.86. The van der Waals surface area contributed by atoms with Crippen molar-refractivity contribution in [2.75, 3.05) is 19.7 Å². The van der Waals surface area contributed by atoms with Crippen LogP contribution >= 0.6 is 24.0 Å². The number of likely N-dealkylation sites (tertiary alicyclic amines) is 1. The van der Waals surface area contributed by atoms with Gasteiger partial charge in [0, 0.05) is 19.1 Å². The van der Waals surface area contributed by atoms with Gasteiger partial charge in [0.2, 0.25) is 5.91 Å². The molecule has 0 aliphatic carbocycles. The zero-order valence-corrected chi connectivity index (χ0v) is 12.8. The Morgan fingerprint density at radius 1 is 1.45 bits per heavy atom. The Balaban J connectivity index is 0.00000200. The van der Waals surface area contributed by atoms with E-state index in [1.54, 1.807) is 12.1 Å². The summed E-state index contributed by atoms with van der Waals surface area (Å²) in [6, 6.07) is 7.37. The zero-order valence-electron chi connectivity index (χ0n) is 11.3. The lowest BCUT2D eigenvalue weighted by atomic mass is 10.1. The van der Waals surface area contributed by atoms with E-state index in [1.807, 2.05) is 17.0 Å². The predicted octanol–water partition coefficient (Wildman–Crippen LogP) is 2.48. The van der Waals surface area contributed by atoms with Crippen LogP contribution in [0.4, 0.5) is 0 Å². The first kappa shape index (κ1) is 17.1. The summed E-state index contributed by atoms with van der Waals surface area (Å²) in [7, 11) is 0. The number of benzene rings is 1. The van der Waals surface area contributed by atoms with Crippen molar-refractivity contribution in [3.8, 4) is 5.75 Å². The first-order valence-electron chi connectivity index (χ1n) is 6.57. The van der Waals surface area contributed by atoms with E-state index in [2.05, 4.69) is 0 Å². The molecule has 1 aromatic carbocycles. The number of carbonyl (C=O) groups excluding carboxylic acids is 1. The maximum absolute atomic E-state index is 12.0. The van der Waals surface area contributed by atoms with Crippen LogP contribution in [0.5, 0.6) is 5.75 Å². The average Bonchev–Trinajstić information content (AvgIpc) is 2.41. The van der Waals surface area contributed by atoms with Crippen LogP contribution in [0.3, 0.4) is 0 Å². The molecule has 1 atom stereocenters. The van der Waals surface area contributed by atoms with Crippen LogP contribution in [-0.4, -0.2) is 36.5 Å². The summed E-state index contributed by atoms with van der Waals surface area (Å²) in [4.78, 5) is 13.8. The van der Waals surface area contributed by atoms with Gasteiger partial charge in [0.1, 0.15) is 5.75 Å². The van der Waals surface area contributed by atoms with Gasteiger partial charge in [-0.25, -0.2) is 0 Å². The quantitative estimate of drug-likeness (QED) is 0.927. The van der Waals surface area contributed by atoms with Crippen LogP contribution in [-0.2, 0) is 4.79 Å². The summed E-state index contributed by atoms with van der Waals surface area (Å²) >= 11 is 5.97. The molecule has 1 amide bonds. The lowest BCUT2D eigenvalue weighted by molar-refractivity contribution is -0.132. The second kappa shape index (κ2) is 8.35. The zero-order chi connectivity index (χ0) is 13.7. The molecule has 0 saturated carbocycles. The van der Waals surface area contributed by atoms with Gasteiger partial charge >= 0.3 is 0 Å². The summed E-state index contributed by atoms with van der Waals surface area (Å²) in [5.74, 6) is 0.717. The van der Waals surface area contributed by atoms with E-state index < -0.39 is 0 Å². The molecule has 112 valence electrons. The van der Waals surface area contributed by atoms with Crippen molar-refractivity contribution in [3.63, 3.8) is 0 Å². The van der Waals surface area contributed by atoms with E-state index in [-0.39, 0.29) is 24.4 Å². The molecule has 1 aromatic rings. The van der Waals surface area contributed by atoms with Gasteiger partial charge in [-0.2, -0.15) is 0 Å². The molecule has 1 unspecified atom stereocenters. The third-order valence-electron chi connectivity index (χ3n) is 3.22. The van der Waals surface area contributed by atoms with E-state index >= 15 is 0 Å². The monoisotopic (exact) mass is 318 g/mol. The molecule has 1 saturated heterocycles. The van der Waals surface area contributed by atoms with Crippen LogP contribution in [0, 0.1) is 0 Å². The van der Waals surface area contributed by atoms with Gasteiger partial charge in [0.25, 0.3) is 0 Å². The third-order valence-corrected chi connectivity index (χ3v) is 3.53. The Morgan fingerprint density at radius 2 is 2.20 bits per heavy atom. The predicted molar refractivity (Wildman–Crippen MR) is 82.6 cm³/mol. The normalized spacial score (nSPS) is 18.3. The molecule has 2 rings (SSSR count). The number of nitrogens with zero attached hydrogens (tertiary/aromatic N) is 1. The van der Waals surface area contributed by atoms with Crippen LogP contribution in [0.1, 0.15) is 19.3 Å². The Morgan fingerprint density at radius 3 is 2.90 bits per heavy atom. The van der Waals surface area contributed by atoms with Gasteiger partial charge in [-0.1, -0.05) is 23.7 Å². The maximum Gasteiger partial charge on any atom is 0.226 e. The smallest absolute Gasteiger partial charge is 0.226 e. The maximum atomic E-state index is 12.0. The Bertz CT molecular complexity index is 443. The first-order valence-corrected chi connectivity index (χ1v) is 6.95. The van der Waals surface area contributed by atoms with Gasteiger partial charge < -0.3 is 15.4 Å². The number of hydrogen-bond donors (Lipinski definition) is 1. The van der Waals surface area contributed by atoms with Gasteiger partial charge in [0.05, 0.1) is 18.1 Å². The van der Waals surface area contributed by atoms with Crippen molar-refractivity contribution in [2.24, 2.45) is 5.73 Å². The highest BCUT2D eigenvalue weighted by Gasteiger charge is 2.20. The highest BCUT2D eigenvalue weighted by Crippen LogP contribution is 2.23. The van der Waals surface area contributed by atoms with Crippen LogP contribution in [0.2, 0.25) is 5.02 Å². The van der Waals surface area contributed by atoms with E-state index in [0.717, 1.165) is 19.4 Å². The standard InChI is InChI=1S/C14H19ClN2O2.ClH/c15-12-5-1-2-6-13(12)19-9-7-14(18)17-8-3-4-11(16)10-17;/h1-2,5-6,11H,3-4,7-10,16H2;1H. The SMILES string of the molecule is Cl.NC1CCCN(C(=O)CCOc2ccccc2Cl)C1. The minimum absolute atomic E-state index is 0. The van der Waals surface area contributed by atoms with E-state index in [4.69, 9.17) is 22.1 Å². The number of piperidine rings is 1. The van der Waals surface area contributed by atoms with Crippen molar-refractivity contribution in [2.45, 2.75) is 25.3 Å². The van der Waals surface area contributed by atoms with Crippen LogP contribution < -0.4 is 10.5 Å². The van der Waals surface area contributed by atoms with Gasteiger partial charge in [-0.15, -0.1) is 12.4 Å². The van der Waals surface area contributed by atoms with Crippen molar-refractivity contribution >= 4 is 29.9 Å². The Hall–Kier alpha value is -0.970. The minimum atomic E-state index is 0. The molecule has 1 fully saturated rings. The molecule has 4 nitrogen and oxygen atoms in total. The van der Waals surface area contributed by atoms with E-state index in [9.17, 15) is 4.79 Å². The summed E-state index contributed by atoms with van der Waals surface area (Å²) < 4.78 is 5.51. The molecule has 0 bridgehead atoms. The number of hydrogen-bond acceptors (Lipinski definition) is 3. The first-order chi connectivity index (χ1) is 9.16. The van der Waals surface area contributed by atoms with Crippen molar-refractivity contribution in [1.29, 1.82) is 0 Å². The number of rotatable bonds is 4. The molecule has 0 radical (unpaired) electrons. The number of amides is 1. The minimum Gasteiger partial charge on any atom is -0.491 e. The van der Waals surface area contributed by atoms with E-state index in [1.165, 1.54) is 0 Å². The van der Waals surface area contributed by atoms with Gasteiger partial charge in [-0.3, -0.25) is 4.79 Å². The summed E-state index contributed by atoms with van der Waals surface area (Å²) in [6.45, 7) is 1.80. The number of carbonyl (C=O) groups is 1. The van der Waals surface area contributed by atoms with E-state index in [0.29, 0.717) is 30.3 Å². The Labute approximate surface area is 130 Å².